The molecule has 1 amide bonds. The van der Waals surface area contributed by atoms with Crippen LogP contribution in [0.1, 0.15) is 11.1 Å². The van der Waals surface area contributed by atoms with Gasteiger partial charge in [0.25, 0.3) is 5.91 Å². The van der Waals surface area contributed by atoms with Gasteiger partial charge in [0.15, 0.2) is 0 Å². The monoisotopic (exact) mass is 301 g/mol. The molecular formula is C16H16ClN3O. The van der Waals surface area contributed by atoms with Crippen LogP contribution in [0.25, 0.3) is 0 Å². The van der Waals surface area contributed by atoms with Crippen LogP contribution in [0.3, 0.4) is 0 Å². The van der Waals surface area contributed by atoms with Gasteiger partial charge in [0.1, 0.15) is 0 Å². The summed E-state index contributed by atoms with van der Waals surface area (Å²) in [5.74, 6) is -0.221. The van der Waals surface area contributed by atoms with E-state index in [0.29, 0.717) is 5.02 Å². The third kappa shape index (κ3) is 4.61. The van der Waals surface area contributed by atoms with Crippen molar-refractivity contribution in [3.8, 4) is 0 Å². The smallest absolute Gasteiger partial charge is 0.259 e. The second-order valence-corrected chi connectivity index (χ2v) is 4.88. The van der Waals surface area contributed by atoms with Gasteiger partial charge < -0.3 is 5.32 Å². The van der Waals surface area contributed by atoms with Crippen LogP contribution in [-0.2, 0) is 4.79 Å². The SMILES string of the molecule is Cc1c(Cl)cccc1NCC(=O)NN=Cc1ccccc1. The third-order valence-corrected chi connectivity index (χ3v) is 3.32. The van der Waals surface area contributed by atoms with E-state index in [1.165, 1.54) is 0 Å². The van der Waals surface area contributed by atoms with Crippen molar-refractivity contribution in [3.63, 3.8) is 0 Å². The summed E-state index contributed by atoms with van der Waals surface area (Å²) in [6.07, 6.45) is 1.60. The molecular weight excluding hydrogens is 286 g/mol. The highest BCUT2D eigenvalue weighted by Crippen LogP contribution is 2.22. The fraction of sp³-hybridized carbons (Fsp3) is 0.125. The molecule has 0 aromatic heterocycles. The van der Waals surface area contributed by atoms with E-state index in [1.54, 1.807) is 6.21 Å². The molecule has 0 fully saturated rings. The topological polar surface area (TPSA) is 53.5 Å². The van der Waals surface area contributed by atoms with Gasteiger partial charge in [-0.2, -0.15) is 5.10 Å². The van der Waals surface area contributed by atoms with Gasteiger partial charge in [0.05, 0.1) is 12.8 Å². The predicted molar refractivity (Wildman–Crippen MR) is 86.9 cm³/mol. The lowest BCUT2D eigenvalue weighted by Crippen LogP contribution is -2.26. The van der Waals surface area contributed by atoms with Gasteiger partial charge >= 0.3 is 0 Å². The minimum atomic E-state index is -0.221. The summed E-state index contributed by atoms with van der Waals surface area (Å²) in [5.41, 5.74) is 5.15. The van der Waals surface area contributed by atoms with Crippen LogP contribution < -0.4 is 10.7 Å². The van der Waals surface area contributed by atoms with Crippen molar-refractivity contribution >= 4 is 29.4 Å². The maximum Gasteiger partial charge on any atom is 0.259 e. The normalized spacial score (nSPS) is 10.6. The molecule has 0 aliphatic rings. The van der Waals surface area contributed by atoms with E-state index in [1.807, 2.05) is 55.5 Å². The largest absolute Gasteiger partial charge is 0.376 e. The molecule has 0 aliphatic heterocycles. The van der Waals surface area contributed by atoms with E-state index in [-0.39, 0.29) is 12.5 Å². The first-order valence-electron chi connectivity index (χ1n) is 6.53. The Balaban J connectivity index is 1.83. The number of rotatable bonds is 5. The Morgan fingerprint density at radius 2 is 1.95 bits per heavy atom. The Morgan fingerprint density at radius 3 is 2.71 bits per heavy atom. The zero-order chi connectivity index (χ0) is 15.1. The Hall–Kier alpha value is -2.33. The molecule has 2 aromatic rings. The van der Waals surface area contributed by atoms with Gasteiger partial charge in [-0.3, -0.25) is 4.79 Å². The summed E-state index contributed by atoms with van der Waals surface area (Å²) in [6, 6.07) is 15.1. The van der Waals surface area contributed by atoms with E-state index in [9.17, 15) is 4.79 Å². The van der Waals surface area contributed by atoms with Crippen molar-refractivity contribution in [2.45, 2.75) is 6.92 Å². The molecule has 2 aromatic carbocycles. The minimum Gasteiger partial charge on any atom is -0.376 e. The zero-order valence-electron chi connectivity index (χ0n) is 11.6. The van der Waals surface area contributed by atoms with Crippen LogP contribution in [0.15, 0.2) is 53.6 Å². The van der Waals surface area contributed by atoms with E-state index in [0.717, 1.165) is 16.8 Å². The highest BCUT2D eigenvalue weighted by atomic mass is 35.5. The second-order valence-electron chi connectivity index (χ2n) is 4.47. The van der Waals surface area contributed by atoms with Crippen molar-refractivity contribution < 1.29 is 4.79 Å². The molecule has 0 unspecified atom stereocenters. The first-order chi connectivity index (χ1) is 10.2. The highest BCUT2D eigenvalue weighted by molar-refractivity contribution is 6.31. The minimum absolute atomic E-state index is 0.132. The molecule has 0 spiro atoms. The lowest BCUT2D eigenvalue weighted by Gasteiger charge is -2.09. The molecule has 0 atom stereocenters. The highest BCUT2D eigenvalue weighted by Gasteiger charge is 2.03. The Bertz CT molecular complexity index is 641. The summed E-state index contributed by atoms with van der Waals surface area (Å²) in [4.78, 5) is 11.7. The van der Waals surface area contributed by atoms with Crippen LogP contribution in [0.2, 0.25) is 5.02 Å². The number of amides is 1. The van der Waals surface area contributed by atoms with Crippen molar-refractivity contribution in [2.75, 3.05) is 11.9 Å². The molecule has 0 radical (unpaired) electrons. The van der Waals surface area contributed by atoms with Crippen LogP contribution >= 0.6 is 11.6 Å². The number of nitrogens with zero attached hydrogens (tertiary/aromatic N) is 1. The van der Waals surface area contributed by atoms with Gasteiger partial charge in [-0.1, -0.05) is 48.0 Å². The van der Waals surface area contributed by atoms with E-state index in [4.69, 9.17) is 11.6 Å². The van der Waals surface area contributed by atoms with Crippen molar-refractivity contribution in [2.24, 2.45) is 5.10 Å². The molecule has 4 nitrogen and oxygen atoms in total. The number of hydrogen-bond acceptors (Lipinski definition) is 3. The van der Waals surface area contributed by atoms with Crippen molar-refractivity contribution in [1.29, 1.82) is 0 Å². The summed E-state index contributed by atoms with van der Waals surface area (Å²) in [7, 11) is 0. The Labute approximate surface area is 128 Å². The van der Waals surface area contributed by atoms with Gasteiger partial charge in [0.2, 0.25) is 0 Å². The Kier molecular flexibility index (Phi) is 5.35. The molecule has 21 heavy (non-hydrogen) atoms. The average molecular weight is 302 g/mol. The number of benzene rings is 2. The van der Waals surface area contributed by atoms with Gasteiger partial charge in [-0.15, -0.1) is 0 Å². The second kappa shape index (κ2) is 7.45. The van der Waals surface area contributed by atoms with Crippen LogP contribution in [0.4, 0.5) is 5.69 Å². The van der Waals surface area contributed by atoms with E-state index in [2.05, 4.69) is 15.8 Å². The molecule has 0 aliphatic carbocycles. The lowest BCUT2D eigenvalue weighted by molar-refractivity contribution is -0.119. The number of carbonyl (C=O) groups excluding carboxylic acids is 1. The fourth-order valence-corrected chi connectivity index (χ4v) is 1.91. The average Bonchev–Trinajstić information content (AvgIpc) is 2.50. The summed E-state index contributed by atoms with van der Waals surface area (Å²) in [5, 5.41) is 7.60. The third-order valence-electron chi connectivity index (χ3n) is 2.91. The number of hydrazone groups is 1. The van der Waals surface area contributed by atoms with E-state index < -0.39 is 0 Å². The number of carbonyl (C=O) groups is 1. The number of nitrogens with one attached hydrogen (secondary N) is 2. The predicted octanol–water partition coefficient (Wildman–Crippen LogP) is 3.21. The van der Waals surface area contributed by atoms with Crippen molar-refractivity contribution in [1.82, 2.24) is 5.43 Å². The lowest BCUT2D eigenvalue weighted by atomic mass is 10.2. The maximum absolute atomic E-state index is 11.7. The standard InChI is InChI=1S/C16H16ClN3O/c1-12-14(17)8-5-9-15(12)18-11-16(21)20-19-10-13-6-3-2-4-7-13/h2-10,18H,11H2,1H3,(H,20,21). The van der Waals surface area contributed by atoms with Gasteiger partial charge in [0, 0.05) is 10.7 Å². The summed E-state index contributed by atoms with van der Waals surface area (Å²) in [6.45, 7) is 2.03. The molecule has 0 bridgehead atoms. The van der Waals surface area contributed by atoms with Crippen molar-refractivity contribution in [3.05, 3.63) is 64.7 Å². The molecule has 108 valence electrons. The summed E-state index contributed by atoms with van der Waals surface area (Å²) >= 11 is 6.02. The molecule has 2 rings (SSSR count). The first-order valence-corrected chi connectivity index (χ1v) is 6.90. The molecule has 2 N–H and O–H groups in total. The number of anilines is 1. The van der Waals surface area contributed by atoms with E-state index >= 15 is 0 Å². The fourth-order valence-electron chi connectivity index (χ4n) is 1.73. The molecule has 0 saturated carbocycles. The van der Waals surface area contributed by atoms with Crippen LogP contribution in [0, 0.1) is 6.92 Å². The molecule has 5 heteroatoms. The van der Waals surface area contributed by atoms with Gasteiger partial charge in [-0.05, 0) is 30.2 Å². The summed E-state index contributed by atoms with van der Waals surface area (Å²) < 4.78 is 0. The van der Waals surface area contributed by atoms with Crippen LogP contribution in [-0.4, -0.2) is 18.7 Å². The van der Waals surface area contributed by atoms with Crippen LogP contribution in [0.5, 0.6) is 0 Å². The quantitative estimate of drug-likeness (QED) is 0.658. The first kappa shape index (κ1) is 15.1. The molecule has 0 saturated heterocycles. The maximum atomic E-state index is 11.7. The number of halogens is 1. The molecule has 0 heterocycles. The number of hydrogen-bond donors (Lipinski definition) is 2. The Morgan fingerprint density at radius 1 is 1.19 bits per heavy atom. The zero-order valence-corrected chi connectivity index (χ0v) is 12.4. The van der Waals surface area contributed by atoms with Gasteiger partial charge in [-0.25, -0.2) is 5.43 Å².